The van der Waals surface area contributed by atoms with Gasteiger partial charge in [-0.2, -0.15) is 5.10 Å². The number of pyridine rings is 1. The maximum Gasteiger partial charge on any atom is 0.337 e. The fraction of sp³-hybridized carbons (Fsp3) is 0.0625. The summed E-state index contributed by atoms with van der Waals surface area (Å²) in [7, 11) is 0. The minimum atomic E-state index is -0.975. The van der Waals surface area contributed by atoms with Crippen LogP contribution in [0.4, 0.5) is 0 Å². The van der Waals surface area contributed by atoms with Gasteiger partial charge in [0.1, 0.15) is 0 Å². The van der Waals surface area contributed by atoms with Crippen molar-refractivity contribution >= 4 is 5.97 Å². The molecule has 0 amide bonds. The number of aromatic nitrogens is 3. The second-order valence-corrected chi connectivity index (χ2v) is 4.65. The molecule has 0 unspecified atom stereocenters. The topological polar surface area (TPSA) is 68.0 Å². The van der Waals surface area contributed by atoms with E-state index in [0.717, 1.165) is 11.1 Å². The van der Waals surface area contributed by atoms with E-state index in [9.17, 15) is 4.79 Å². The zero-order chi connectivity index (χ0) is 14.8. The summed E-state index contributed by atoms with van der Waals surface area (Å²) < 4.78 is 1.64. The Morgan fingerprint density at radius 2 is 1.86 bits per heavy atom. The molecule has 1 N–H and O–H groups in total. The molecule has 0 aliphatic rings. The molecule has 104 valence electrons. The molecule has 0 saturated carbocycles. The van der Waals surface area contributed by atoms with Crippen molar-refractivity contribution in [2.24, 2.45) is 0 Å². The van der Waals surface area contributed by atoms with Crippen molar-refractivity contribution in [2.75, 3.05) is 0 Å². The van der Waals surface area contributed by atoms with Gasteiger partial charge in [-0.1, -0.05) is 30.3 Å². The molecule has 0 atom stereocenters. The molecule has 0 spiro atoms. The van der Waals surface area contributed by atoms with Crippen molar-refractivity contribution in [3.8, 4) is 16.9 Å². The van der Waals surface area contributed by atoms with Crippen molar-refractivity contribution < 1.29 is 9.90 Å². The van der Waals surface area contributed by atoms with Crippen LogP contribution >= 0.6 is 0 Å². The van der Waals surface area contributed by atoms with Gasteiger partial charge < -0.3 is 5.11 Å². The van der Waals surface area contributed by atoms with E-state index in [1.54, 1.807) is 29.9 Å². The first-order valence-electron chi connectivity index (χ1n) is 6.46. The highest BCUT2D eigenvalue weighted by Gasteiger charge is 2.10. The SMILES string of the molecule is Cc1nc(-n2cc(-c3ccccc3)cn2)ccc1C(=O)O. The summed E-state index contributed by atoms with van der Waals surface area (Å²) in [4.78, 5) is 15.3. The van der Waals surface area contributed by atoms with Gasteiger partial charge in [-0.15, -0.1) is 0 Å². The van der Waals surface area contributed by atoms with Gasteiger partial charge in [0.2, 0.25) is 0 Å². The number of aryl methyl sites for hydroxylation is 1. The zero-order valence-corrected chi connectivity index (χ0v) is 11.4. The van der Waals surface area contributed by atoms with Gasteiger partial charge in [0.15, 0.2) is 5.82 Å². The van der Waals surface area contributed by atoms with Gasteiger partial charge in [-0.05, 0) is 24.6 Å². The number of nitrogens with zero attached hydrogens (tertiary/aromatic N) is 3. The Morgan fingerprint density at radius 3 is 2.52 bits per heavy atom. The van der Waals surface area contributed by atoms with Crippen LogP contribution in [0.15, 0.2) is 54.9 Å². The Bertz CT molecular complexity index is 794. The minimum absolute atomic E-state index is 0.203. The lowest BCUT2D eigenvalue weighted by Gasteiger charge is -2.04. The number of carboxylic acids is 1. The van der Waals surface area contributed by atoms with Crippen molar-refractivity contribution in [2.45, 2.75) is 6.92 Å². The molecule has 3 aromatic rings. The van der Waals surface area contributed by atoms with E-state index in [0.29, 0.717) is 11.5 Å². The van der Waals surface area contributed by atoms with E-state index in [1.807, 2.05) is 36.5 Å². The molecule has 0 radical (unpaired) electrons. The number of hydrogen-bond donors (Lipinski definition) is 1. The van der Waals surface area contributed by atoms with Crippen LogP contribution in [-0.2, 0) is 0 Å². The minimum Gasteiger partial charge on any atom is -0.478 e. The molecule has 21 heavy (non-hydrogen) atoms. The molecule has 0 saturated heterocycles. The maximum atomic E-state index is 11.0. The Balaban J connectivity index is 1.97. The third-order valence-electron chi connectivity index (χ3n) is 3.23. The Labute approximate surface area is 121 Å². The van der Waals surface area contributed by atoms with Crippen LogP contribution in [-0.4, -0.2) is 25.8 Å². The van der Waals surface area contributed by atoms with Gasteiger partial charge >= 0.3 is 5.97 Å². The van der Waals surface area contributed by atoms with Crippen LogP contribution in [0.1, 0.15) is 16.1 Å². The average Bonchev–Trinajstić information content (AvgIpc) is 2.97. The van der Waals surface area contributed by atoms with Gasteiger partial charge in [0.05, 0.1) is 17.5 Å². The highest BCUT2D eigenvalue weighted by molar-refractivity contribution is 5.88. The Kier molecular flexibility index (Phi) is 3.23. The van der Waals surface area contributed by atoms with E-state index in [2.05, 4.69) is 10.1 Å². The quantitative estimate of drug-likeness (QED) is 0.800. The van der Waals surface area contributed by atoms with E-state index in [4.69, 9.17) is 5.11 Å². The van der Waals surface area contributed by atoms with E-state index >= 15 is 0 Å². The zero-order valence-electron chi connectivity index (χ0n) is 11.4. The number of hydrogen-bond acceptors (Lipinski definition) is 3. The first kappa shape index (κ1) is 13.1. The molecule has 0 fully saturated rings. The second-order valence-electron chi connectivity index (χ2n) is 4.65. The van der Waals surface area contributed by atoms with Gasteiger partial charge in [0, 0.05) is 11.8 Å². The fourth-order valence-corrected chi connectivity index (χ4v) is 2.13. The summed E-state index contributed by atoms with van der Waals surface area (Å²) in [5.41, 5.74) is 2.73. The predicted molar refractivity (Wildman–Crippen MR) is 78.5 cm³/mol. The fourth-order valence-electron chi connectivity index (χ4n) is 2.13. The summed E-state index contributed by atoms with van der Waals surface area (Å²) in [6.45, 7) is 1.68. The highest BCUT2D eigenvalue weighted by Crippen LogP contribution is 2.19. The Morgan fingerprint density at radius 1 is 1.10 bits per heavy atom. The summed E-state index contributed by atoms with van der Waals surface area (Å²) in [6, 6.07) is 13.1. The molecule has 0 aliphatic heterocycles. The number of carboxylic acid groups (broad SMARTS) is 1. The molecule has 0 bridgehead atoms. The molecule has 3 rings (SSSR count). The lowest BCUT2D eigenvalue weighted by Crippen LogP contribution is -2.05. The van der Waals surface area contributed by atoms with Crippen LogP contribution in [0.2, 0.25) is 0 Å². The molecular weight excluding hydrogens is 266 g/mol. The average molecular weight is 279 g/mol. The number of benzene rings is 1. The largest absolute Gasteiger partial charge is 0.478 e. The highest BCUT2D eigenvalue weighted by atomic mass is 16.4. The standard InChI is InChI=1S/C16H13N3O2/c1-11-14(16(20)21)7-8-15(18-11)19-10-13(9-17-19)12-5-3-2-4-6-12/h2-10H,1H3,(H,20,21). The lowest BCUT2D eigenvalue weighted by molar-refractivity contribution is 0.0695. The van der Waals surface area contributed by atoms with E-state index in [1.165, 1.54) is 0 Å². The van der Waals surface area contributed by atoms with Gasteiger partial charge in [-0.25, -0.2) is 14.5 Å². The lowest BCUT2D eigenvalue weighted by atomic mass is 10.1. The van der Waals surface area contributed by atoms with Crippen LogP contribution in [0.25, 0.3) is 16.9 Å². The summed E-state index contributed by atoms with van der Waals surface area (Å²) >= 11 is 0. The van der Waals surface area contributed by atoms with E-state index < -0.39 is 5.97 Å². The molecule has 0 aliphatic carbocycles. The first-order valence-corrected chi connectivity index (χ1v) is 6.46. The van der Waals surface area contributed by atoms with Crippen molar-refractivity contribution in [1.82, 2.24) is 14.8 Å². The molecule has 2 heterocycles. The van der Waals surface area contributed by atoms with Crippen molar-refractivity contribution in [3.63, 3.8) is 0 Å². The Hall–Kier alpha value is -2.95. The van der Waals surface area contributed by atoms with Crippen molar-refractivity contribution in [1.29, 1.82) is 0 Å². The first-order chi connectivity index (χ1) is 10.1. The van der Waals surface area contributed by atoms with Gasteiger partial charge in [0.25, 0.3) is 0 Å². The molecule has 2 aromatic heterocycles. The number of aromatic carboxylic acids is 1. The summed E-state index contributed by atoms with van der Waals surface area (Å²) in [5, 5.41) is 13.3. The third-order valence-corrected chi connectivity index (χ3v) is 3.23. The molecule has 5 nitrogen and oxygen atoms in total. The molecule has 1 aromatic carbocycles. The third kappa shape index (κ3) is 2.53. The van der Waals surface area contributed by atoms with Crippen LogP contribution in [0.3, 0.4) is 0 Å². The number of rotatable bonds is 3. The van der Waals surface area contributed by atoms with Crippen LogP contribution in [0.5, 0.6) is 0 Å². The predicted octanol–water partition coefficient (Wildman–Crippen LogP) is 2.94. The number of carbonyl (C=O) groups is 1. The second kappa shape index (κ2) is 5.20. The summed E-state index contributed by atoms with van der Waals surface area (Å²) in [6.07, 6.45) is 3.63. The maximum absolute atomic E-state index is 11.0. The normalized spacial score (nSPS) is 10.5. The van der Waals surface area contributed by atoms with Crippen LogP contribution < -0.4 is 0 Å². The molecular formula is C16H13N3O2. The van der Waals surface area contributed by atoms with E-state index in [-0.39, 0.29) is 5.56 Å². The van der Waals surface area contributed by atoms with Gasteiger partial charge in [-0.3, -0.25) is 0 Å². The summed E-state index contributed by atoms with van der Waals surface area (Å²) in [5.74, 6) is -0.378. The van der Waals surface area contributed by atoms with Crippen molar-refractivity contribution in [3.05, 3.63) is 66.1 Å². The van der Waals surface area contributed by atoms with Crippen LogP contribution in [0, 0.1) is 6.92 Å². The monoisotopic (exact) mass is 279 g/mol. The molecule has 5 heteroatoms. The smallest absolute Gasteiger partial charge is 0.337 e.